The molecular formula is C18H24ClN3O3. The largest absolute Gasteiger partial charge is 0.495 e. The minimum absolute atomic E-state index is 0.0890. The number of hydrogen-bond donors (Lipinski definition) is 2. The lowest BCUT2D eigenvalue weighted by atomic mass is 9.99. The molecule has 2 aromatic rings. The summed E-state index contributed by atoms with van der Waals surface area (Å²) < 4.78 is 6.63. The molecule has 1 aromatic carbocycles. The van der Waals surface area contributed by atoms with Crippen molar-refractivity contribution < 1.29 is 9.84 Å². The number of aliphatic hydroxyl groups excluding tert-OH is 1. The summed E-state index contributed by atoms with van der Waals surface area (Å²) in [6.45, 7) is 4.51. The topological polar surface area (TPSA) is 90.4 Å². The van der Waals surface area contributed by atoms with Crippen LogP contribution in [0.15, 0.2) is 23.0 Å². The molecule has 3 N–H and O–H groups in total. The fraction of sp³-hybridized carbons (Fsp3) is 0.444. The Kier molecular flexibility index (Phi) is 6.58. The number of nitrogens with two attached hydrogens (primary N) is 1. The quantitative estimate of drug-likeness (QED) is 0.785. The van der Waals surface area contributed by atoms with Crippen LogP contribution in [0.1, 0.15) is 25.0 Å². The number of benzene rings is 1. The van der Waals surface area contributed by atoms with Crippen LogP contribution >= 0.6 is 11.6 Å². The van der Waals surface area contributed by atoms with Crippen LogP contribution in [0, 0.1) is 5.92 Å². The van der Waals surface area contributed by atoms with Gasteiger partial charge in [0.05, 0.1) is 17.8 Å². The molecule has 1 aromatic heterocycles. The average Bonchev–Trinajstić information content (AvgIpc) is 2.57. The second-order valence-corrected chi connectivity index (χ2v) is 6.62. The molecule has 136 valence electrons. The van der Waals surface area contributed by atoms with Crippen LogP contribution in [0.2, 0.25) is 5.02 Å². The third-order valence-corrected chi connectivity index (χ3v) is 4.19. The minimum Gasteiger partial charge on any atom is -0.495 e. The van der Waals surface area contributed by atoms with Crippen LogP contribution in [0.3, 0.4) is 0 Å². The van der Waals surface area contributed by atoms with Gasteiger partial charge in [0.25, 0.3) is 5.56 Å². The van der Waals surface area contributed by atoms with E-state index in [1.165, 1.54) is 4.68 Å². The van der Waals surface area contributed by atoms with Gasteiger partial charge in [0.15, 0.2) is 0 Å². The summed E-state index contributed by atoms with van der Waals surface area (Å²) in [5, 5.41) is 14.4. The lowest BCUT2D eigenvalue weighted by molar-refractivity contribution is 0.299. The van der Waals surface area contributed by atoms with E-state index in [2.05, 4.69) is 5.10 Å². The van der Waals surface area contributed by atoms with Crippen LogP contribution in [-0.4, -0.2) is 28.6 Å². The number of aromatic nitrogens is 2. The lowest BCUT2D eigenvalue weighted by Crippen LogP contribution is -2.32. The molecule has 6 nitrogen and oxygen atoms in total. The molecule has 0 saturated carbocycles. The van der Waals surface area contributed by atoms with E-state index in [9.17, 15) is 9.90 Å². The molecule has 0 amide bonds. The van der Waals surface area contributed by atoms with Gasteiger partial charge in [-0.15, -0.1) is 0 Å². The summed E-state index contributed by atoms with van der Waals surface area (Å²) in [6, 6.07) is 5.33. The van der Waals surface area contributed by atoms with E-state index < -0.39 is 0 Å². The van der Waals surface area contributed by atoms with Crippen LogP contribution in [0.5, 0.6) is 5.75 Å². The van der Waals surface area contributed by atoms with Gasteiger partial charge >= 0.3 is 0 Å². The van der Waals surface area contributed by atoms with E-state index in [-0.39, 0.29) is 24.6 Å². The smallest absolute Gasteiger partial charge is 0.271 e. The molecule has 0 bridgehead atoms. The normalized spacial score (nSPS) is 11.2. The number of nitrogens with zero attached hydrogens (tertiary/aromatic N) is 2. The first kappa shape index (κ1) is 19.4. The molecule has 0 radical (unpaired) electrons. The predicted molar refractivity (Wildman–Crippen MR) is 99.0 cm³/mol. The standard InChI is InChI=1S/C18H24ClN3O3/c1-11(2)10-22-18(24)14(9-20)13(6-7-23)17(21-22)12-4-5-16(25-3)15(19)8-12/h4-5,8,11,23H,6-7,9-10,20H2,1-3H3. The average molecular weight is 366 g/mol. The Morgan fingerprint density at radius 1 is 1.36 bits per heavy atom. The number of methoxy groups -OCH3 is 1. The Morgan fingerprint density at radius 2 is 2.08 bits per heavy atom. The maximum absolute atomic E-state index is 12.7. The Labute approximate surface area is 152 Å². The minimum atomic E-state index is -0.206. The van der Waals surface area contributed by atoms with Crippen molar-refractivity contribution in [2.45, 2.75) is 33.4 Å². The zero-order valence-electron chi connectivity index (χ0n) is 14.8. The number of hydrogen-bond acceptors (Lipinski definition) is 5. The third kappa shape index (κ3) is 4.21. The molecule has 1 heterocycles. The Balaban J connectivity index is 2.73. The molecule has 25 heavy (non-hydrogen) atoms. The Morgan fingerprint density at radius 3 is 2.60 bits per heavy atom. The summed E-state index contributed by atoms with van der Waals surface area (Å²) in [7, 11) is 1.55. The maximum Gasteiger partial charge on any atom is 0.271 e. The van der Waals surface area contributed by atoms with Crippen molar-refractivity contribution in [2.24, 2.45) is 11.7 Å². The van der Waals surface area contributed by atoms with Gasteiger partial charge in [-0.2, -0.15) is 5.10 Å². The molecule has 0 aliphatic carbocycles. The van der Waals surface area contributed by atoms with Gasteiger partial charge in [0.2, 0.25) is 0 Å². The maximum atomic E-state index is 12.7. The molecule has 0 fully saturated rings. The summed E-state index contributed by atoms with van der Waals surface area (Å²) in [6.07, 6.45) is 0.302. The fourth-order valence-corrected chi connectivity index (χ4v) is 3.02. The van der Waals surface area contributed by atoms with Gasteiger partial charge < -0.3 is 15.6 Å². The van der Waals surface area contributed by atoms with Crippen LogP contribution in [0.4, 0.5) is 0 Å². The number of halogens is 1. The van der Waals surface area contributed by atoms with E-state index in [1.54, 1.807) is 19.2 Å². The first-order chi connectivity index (χ1) is 11.9. The van der Waals surface area contributed by atoms with Gasteiger partial charge in [-0.05, 0) is 36.1 Å². The van der Waals surface area contributed by atoms with Gasteiger partial charge in [-0.1, -0.05) is 25.4 Å². The van der Waals surface area contributed by atoms with Crippen molar-refractivity contribution in [3.05, 3.63) is 44.7 Å². The Hall–Kier alpha value is -1.89. The molecule has 0 aliphatic heterocycles. The highest BCUT2D eigenvalue weighted by molar-refractivity contribution is 6.32. The fourth-order valence-electron chi connectivity index (χ4n) is 2.76. The summed E-state index contributed by atoms with van der Waals surface area (Å²) in [5.74, 6) is 0.815. The summed E-state index contributed by atoms with van der Waals surface area (Å²) in [5.41, 5.74) is 8.13. The van der Waals surface area contributed by atoms with E-state index in [1.807, 2.05) is 19.9 Å². The van der Waals surface area contributed by atoms with Crippen molar-refractivity contribution in [1.29, 1.82) is 0 Å². The molecule has 0 unspecified atom stereocenters. The summed E-state index contributed by atoms with van der Waals surface area (Å²) >= 11 is 6.24. The third-order valence-electron chi connectivity index (χ3n) is 3.89. The molecule has 0 aliphatic rings. The highest BCUT2D eigenvalue weighted by Gasteiger charge is 2.18. The SMILES string of the molecule is COc1ccc(-c2nn(CC(C)C)c(=O)c(CN)c2CCO)cc1Cl. The first-order valence-corrected chi connectivity index (χ1v) is 8.58. The molecule has 0 saturated heterocycles. The van der Waals surface area contributed by atoms with Crippen LogP contribution < -0.4 is 16.0 Å². The lowest BCUT2D eigenvalue weighted by Gasteiger charge is -2.17. The van der Waals surface area contributed by atoms with Crippen molar-refractivity contribution in [3.8, 4) is 17.0 Å². The predicted octanol–water partition coefficient (Wildman–Crippen LogP) is 2.22. The van der Waals surface area contributed by atoms with Crippen LogP contribution in [0.25, 0.3) is 11.3 Å². The summed E-state index contributed by atoms with van der Waals surface area (Å²) in [4.78, 5) is 12.7. The second-order valence-electron chi connectivity index (χ2n) is 6.21. The zero-order chi connectivity index (χ0) is 18.6. The van der Waals surface area contributed by atoms with Crippen molar-refractivity contribution in [1.82, 2.24) is 9.78 Å². The molecule has 7 heteroatoms. The molecular weight excluding hydrogens is 342 g/mol. The zero-order valence-corrected chi connectivity index (χ0v) is 15.5. The second kappa shape index (κ2) is 8.47. The van der Waals surface area contributed by atoms with E-state index in [0.29, 0.717) is 40.6 Å². The first-order valence-electron chi connectivity index (χ1n) is 8.20. The monoisotopic (exact) mass is 365 g/mol. The van der Waals surface area contributed by atoms with Gasteiger partial charge in [-0.3, -0.25) is 4.79 Å². The number of ether oxygens (including phenoxy) is 1. The Bertz CT molecular complexity index is 803. The van der Waals surface area contributed by atoms with Crippen molar-refractivity contribution >= 4 is 11.6 Å². The van der Waals surface area contributed by atoms with Crippen molar-refractivity contribution in [3.63, 3.8) is 0 Å². The van der Waals surface area contributed by atoms with E-state index in [4.69, 9.17) is 22.1 Å². The molecule has 2 rings (SSSR count). The molecule has 0 atom stereocenters. The number of aliphatic hydroxyl groups is 1. The number of rotatable bonds is 7. The van der Waals surface area contributed by atoms with Gasteiger partial charge in [-0.25, -0.2) is 4.68 Å². The molecule has 0 spiro atoms. The van der Waals surface area contributed by atoms with Gasteiger partial charge in [0, 0.05) is 30.8 Å². The highest BCUT2D eigenvalue weighted by atomic mass is 35.5. The van der Waals surface area contributed by atoms with Gasteiger partial charge in [0.1, 0.15) is 5.75 Å². The van der Waals surface area contributed by atoms with E-state index in [0.717, 1.165) is 5.56 Å². The van der Waals surface area contributed by atoms with E-state index >= 15 is 0 Å². The van der Waals surface area contributed by atoms with Crippen LogP contribution in [-0.2, 0) is 19.5 Å². The highest BCUT2D eigenvalue weighted by Crippen LogP contribution is 2.31. The van der Waals surface area contributed by atoms with Crippen molar-refractivity contribution in [2.75, 3.05) is 13.7 Å².